The van der Waals surface area contributed by atoms with Crippen LogP contribution in [-0.4, -0.2) is 125 Å². The van der Waals surface area contributed by atoms with Crippen LogP contribution < -0.4 is 0 Å². The average molecular weight is 758 g/mol. The molecule has 1 aromatic carbocycles. The molecule has 3 aliphatic rings. The molecule has 2 fully saturated rings. The molecule has 53 heavy (non-hydrogen) atoms. The van der Waals surface area contributed by atoms with Crippen LogP contribution in [0.3, 0.4) is 0 Å². The van der Waals surface area contributed by atoms with Gasteiger partial charge < -0.3 is 19.3 Å². The van der Waals surface area contributed by atoms with Crippen molar-refractivity contribution >= 4 is 21.1 Å². The predicted octanol–water partition coefficient (Wildman–Crippen LogP) is 4.63. The number of aliphatic hydroxyl groups is 1. The normalized spacial score (nSPS) is 19.4. The Labute approximate surface area is 309 Å². The molecule has 0 amide bonds. The maximum Gasteiger partial charge on any atom is 0.416 e. The molecule has 3 aromatic heterocycles. The number of halogens is 3. The number of pyridine rings is 1. The van der Waals surface area contributed by atoms with Crippen LogP contribution in [0.2, 0.25) is 0 Å². The average Bonchev–Trinajstić information content (AvgIpc) is 3.57. The fourth-order valence-electron chi connectivity index (χ4n) is 8.26. The highest BCUT2D eigenvalue weighted by Gasteiger charge is 2.32. The Hall–Kier alpha value is -3.34. The van der Waals surface area contributed by atoms with E-state index in [0.29, 0.717) is 36.6 Å². The summed E-state index contributed by atoms with van der Waals surface area (Å²) >= 11 is 0. The number of rotatable bonds is 12. The summed E-state index contributed by atoms with van der Waals surface area (Å²) in [5, 5.41) is 17.4. The smallest absolute Gasteiger partial charge is 0.390 e. The number of ether oxygens (including phenoxy) is 1. The molecule has 15 heteroatoms. The highest BCUT2D eigenvalue weighted by atomic mass is 32.2. The van der Waals surface area contributed by atoms with Crippen molar-refractivity contribution in [3.05, 3.63) is 71.2 Å². The largest absolute Gasteiger partial charge is 0.416 e. The molecule has 6 heterocycles. The molecule has 0 aliphatic carbocycles. The van der Waals surface area contributed by atoms with Crippen LogP contribution >= 0.6 is 0 Å². The maximum atomic E-state index is 13.3. The topological polar surface area (TPSA) is 109 Å². The van der Waals surface area contributed by atoms with Crippen molar-refractivity contribution in [1.82, 2.24) is 33.4 Å². The molecular weight excluding hydrogens is 708 g/mol. The molecular formula is C38H50F3N7O4S. The van der Waals surface area contributed by atoms with Gasteiger partial charge in [-0.05, 0) is 87.5 Å². The molecule has 1 N–H and O–H groups in total. The van der Waals surface area contributed by atoms with Crippen molar-refractivity contribution in [3.63, 3.8) is 0 Å². The van der Waals surface area contributed by atoms with Crippen molar-refractivity contribution in [2.45, 2.75) is 69.8 Å². The standard InChI is InChI=1S/C38H50F3N7O4S/c1-53(50,51)47-19-12-33-35(13-20-47)48(43-36(33)29-6-8-30(9-7-29)38(39,40)41)26-31(49)25-45-17-10-28(11-18-45)34-27-46(37-32(34)5-4-14-42-37)16-3-2-15-44-21-23-52-24-22-44/h4-9,14,27-28,31,49H,2-3,10-13,15-26H2,1H3. The number of aromatic nitrogens is 4. The Morgan fingerprint density at radius 3 is 2.36 bits per heavy atom. The summed E-state index contributed by atoms with van der Waals surface area (Å²) in [5.41, 5.74) is 4.33. The van der Waals surface area contributed by atoms with Gasteiger partial charge in [0.05, 0.1) is 43.4 Å². The zero-order chi connectivity index (χ0) is 37.2. The Morgan fingerprint density at radius 2 is 1.64 bits per heavy atom. The number of alkyl halides is 3. The van der Waals surface area contributed by atoms with E-state index < -0.39 is 27.9 Å². The van der Waals surface area contributed by atoms with Crippen molar-refractivity contribution < 1.29 is 31.4 Å². The number of piperidine rings is 1. The van der Waals surface area contributed by atoms with Crippen LogP contribution in [0.25, 0.3) is 22.3 Å². The van der Waals surface area contributed by atoms with Gasteiger partial charge in [-0.25, -0.2) is 17.7 Å². The lowest BCUT2D eigenvalue weighted by atomic mass is 9.89. The summed E-state index contributed by atoms with van der Waals surface area (Å²) in [4.78, 5) is 9.52. The van der Waals surface area contributed by atoms with E-state index in [1.807, 2.05) is 12.3 Å². The summed E-state index contributed by atoms with van der Waals surface area (Å²) in [5.74, 6) is 0.399. The van der Waals surface area contributed by atoms with E-state index in [-0.39, 0.29) is 19.6 Å². The van der Waals surface area contributed by atoms with Crippen molar-refractivity contribution in [3.8, 4) is 11.3 Å². The lowest BCUT2D eigenvalue weighted by Crippen LogP contribution is -2.40. The number of benzene rings is 1. The number of aryl methyl sites for hydroxylation is 1. The fraction of sp³-hybridized carbons (Fsp3) is 0.579. The molecule has 0 bridgehead atoms. The Kier molecular flexibility index (Phi) is 11.6. The van der Waals surface area contributed by atoms with E-state index in [4.69, 9.17) is 14.8 Å². The van der Waals surface area contributed by atoms with Crippen LogP contribution in [0.5, 0.6) is 0 Å². The van der Waals surface area contributed by atoms with Gasteiger partial charge in [0.2, 0.25) is 10.0 Å². The molecule has 1 atom stereocenters. The number of aliphatic hydroxyl groups excluding tert-OH is 1. The minimum absolute atomic E-state index is 0.201. The number of β-amino-alcohol motifs (C(OH)–C–C–N with tert-alkyl or cyclic N) is 1. The van der Waals surface area contributed by atoms with Crippen LogP contribution in [0.1, 0.15) is 54.0 Å². The van der Waals surface area contributed by atoms with Crippen LogP contribution in [0.4, 0.5) is 13.2 Å². The number of sulfonamides is 1. The number of morpholine rings is 1. The van der Waals surface area contributed by atoms with Crippen molar-refractivity contribution in [2.75, 3.05) is 71.8 Å². The Balaban J connectivity index is 0.991. The van der Waals surface area contributed by atoms with Gasteiger partial charge in [-0.1, -0.05) is 12.1 Å². The summed E-state index contributed by atoms with van der Waals surface area (Å²) in [6, 6.07) is 9.10. The Bertz CT molecular complexity index is 1950. The molecule has 0 spiro atoms. The maximum absolute atomic E-state index is 13.3. The van der Waals surface area contributed by atoms with Gasteiger partial charge in [0.25, 0.3) is 0 Å². The first kappa shape index (κ1) is 38.0. The fourth-order valence-corrected chi connectivity index (χ4v) is 9.10. The van der Waals surface area contributed by atoms with E-state index in [0.717, 1.165) is 107 Å². The van der Waals surface area contributed by atoms with Gasteiger partial charge >= 0.3 is 6.18 Å². The number of fused-ring (bicyclic) bond motifs is 2. The second kappa shape index (κ2) is 16.2. The van der Waals surface area contributed by atoms with Crippen LogP contribution in [0.15, 0.2) is 48.8 Å². The third kappa shape index (κ3) is 8.97. The SMILES string of the molecule is CS(=O)(=O)N1CCc2c(-c3ccc(C(F)(F)F)cc3)nn(CC(O)CN3CCC(c4cn(CCCCN5CCOCC5)c5ncccc45)CC3)c2CC1. The molecule has 3 aliphatic heterocycles. The molecule has 0 saturated carbocycles. The van der Waals surface area contributed by atoms with Gasteiger partial charge in [-0.15, -0.1) is 0 Å². The van der Waals surface area contributed by atoms with E-state index in [1.54, 1.807) is 4.68 Å². The molecule has 1 unspecified atom stereocenters. The number of likely N-dealkylation sites (tertiary alicyclic amines) is 1. The zero-order valence-electron chi connectivity index (χ0n) is 30.3. The van der Waals surface area contributed by atoms with Gasteiger partial charge in [0.15, 0.2) is 0 Å². The van der Waals surface area contributed by atoms with Crippen LogP contribution in [0, 0.1) is 0 Å². The third-order valence-corrected chi connectivity index (χ3v) is 12.4. The molecule has 0 radical (unpaired) electrons. The highest BCUT2D eigenvalue weighted by molar-refractivity contribution is 7.88. The van der Waals surface area contributed by atoms with Gasteiger partial charge in [-0.3, -0.25) is 9.58 Å². The second-order valence-corrected chi connectivity index (χ2v) is 16.7. The summed E-state index contributed by atoms with van der Waals surface area (Å²) in [6.45, 7) is 8.57. The summed E-state index contributed by atoms with van der Waals surface area (Å²) in [6.07, 6.45) is 5.10. The van der Waals surface area contributed by atoms with E-state index in [9.17, 15) is 26.7 Å². The van der Waals surface area contributed by atoms with E-state index in [1.165, 1.54) is 33.6 Å². The van der Waals surface area contributed by atoms with E-state index in [2.05, 4.69) is 26.6 Å². The van der Waals surface area contributed by atoms with Crippen molar-refractivity contribution in [1.29, 1.82) is 0 Å². The number of hydrogen-bond acceptors (Lipinski definition) is 8. The minimum Gasteiger partial charge on any atom is -0.390 e. The molecule has 11 nitrogen and oxygen atoms in total. The lowest BCUT2D eigenvalue weighted by molar-refractivity contribution is -0.137. The zero-order valence-corrected chi connectivity index (χ0v) is 31.2. The van der Waals surface area contributed by atoms with Gasteiger partial charge in [0, 0.05) is 80.3 Å². The number of unbranched alkanes of at least 4 members (excludes halogenated alkanes) is 1. The van der Waals surface area contributed by atoms with Crippen LogP contribution in [-0.2, 0) is 46.9 Å². The number of hydrogen-bond donors (Lipinski definition) is 1. The quantitative estimate of drug-likeness (QED) is 0.209. The summed E-state index contributed by atoms with van der Waals surface area (Å²) in [7, 11) is -3.43. The second-order valence-electron chi connectivity index (χ2n) is 14.7. The van der Waals surface area contributed by atoms with E-state index >= 15 is 0 Å². The molecule has 2 saturated heterocycles. The first-order valence-corrected chi connectivity index (χ1v) is 20.6. The monoisotopic (exact) mass is 757 g/mol. The molecule has 4 aromatic rings. The van der Waals surface area contributed by atoms with Gasteiger partial charge in [-0.2, -0.15) is 18.3 Å². The lowest BCUT2D eigenvalue weighted by Gasteiger charge is -2.33. The summed E-state index contributed by atoms with van der Waals surface area (Å²) < 4.78 is 75.7. The third-order valence-electron chi connectivity index (χ3n) is 11.1. The minimum atomic E-state index is -4.46. The van der Waals surface area contributed by atoms with Gasteiger partial charge in [0.1, 0.15) is 5.65 Å². The number of nitrogens with zero attached hydrogens (tertiary/aromatic N) is 7. The Morgan fingerprint density at radius 1 is 0.925 bits per heavy atom. The van der Waals surface area contributed by atoms with Crippen molar-refractivity contribution in [2.24, 2.45) is 0 Å². The molecule has 7 rings (SSSR count). The first-order chi connectivity index (χ1) is 25.4. The highest BCUT2D eigenvalue weighted by Crippen LogP contribution is 2.35. The molecule has 288 valence electrons. The first-order valence-electron chi connectivity index (χ1n) is 18.8. The predicted molar refractivity (Wildman–Crippen MR) is 197 cm³/mol.